The number of primary sulfonamides is 1. The summed E-state index contributed by atoms with van der Waals surface area (Å²) >= 11 is 0. The van der Waals surface area contributed by atoms with Gasteiger partial charge >= 0.3 is 0 Å². The summed E-state index contributed by atoms with van der Waals surface area (Å²) in [6.45, 7) is 0.994. The molecule has 5 N–H and O–H groups in total. The molecule has 0 saturated carbocycles. The van der Waals surface area contributed by atoms with Gasteiger partial charge in [-0.05, 0) is 36.4 Å². The van der Waals surface area contributed by atoms with Gasteiger partial charge in [-0.2, -0.15) is 0 Å². The summed E-state index contributed by atoms with van der Waals surface area (Å²) < 4.78 is 27.8. The van der Waals surface area contributed by atoms with Crippen molar-refractivity contribution in [2.24, 2.45) is 5.14 Å². The second kappa shape index (κ2) is 6.47. The maximum atomic E-state index is 11.1. The first-order chi connectivity index (χ1) is 9.97. The van der Waals surface area contributed by atoms with Crippen molar-refractivity contribution in [3.63, 3.8) is 0 Å². The van der Waals surface area contributed by atoms with Gasteiger partial charge in [0, 0.05) is 12.2 Å². The van der Waals surface area contributed by atoms with Gasteiger partial charge in [0.1, 0.15) is 12.4 Å². The summed E-state index contributed by atoms with van der Waals surface area (Å²) in [6.07, 6.45) is 0. The van der Waals surface area contributed by atoms with E-state index in [1.54, 1.807) is 24.3 Å². The van der Waals surface area contributed by atoms with Crippen LogP contribution < -0.4 is 20.9 Å². The van der Waals surface area contributed by atoms with E-state index in [1.807, 2.05) is 12.1 Å². The van der Waals surface area contributed by atoms with Crippen molar-refractivity contribution < 1.29 is 13.2 Å². The first-order valence-corrected chi connectivity index (χ1v) is 7.85. The highest BCUT2D eigenvalue weighted by Gasteiger charge is 2.06. The first-order valence-electron chi connectivity index (χ1n) is 6.31. The largest absolute Gasteiger partial charge is 0.490 e. The average molecular weight is 307 g/mol. The quantitative estimate of drug-likeness (QED) is 0.552. The Morgan fingerprint density at radius 2 is 1.71 bits per heavy atom. The Labute approximate surface area is 123 Å². The third-order valence-corrected chi connectivity index (χ3v) is 3.72. The summed E-state index contributed by atoms with van der Waals surface area (Å²) in [5.41, 5.74) is 7.13. The first kappa shape index (κ1) is 15.1. The van der Waals surface area contributed by atoms with Crippen LogP contribution in [0.3, 0.4) is 0 Å². The van der Waals surface area contributed by atoms with Crippen molar-refractivity contribution >= 4 is 21.4 Å². The van der Waals surface area contributed by atoms with E-state index < -0.39 is 10.0 Å². The van der Waals surface area contributed by atoms with Crippen molar-refractivity contribution in [3.05, 3.63) is 48.5 Å². The number of para-hydroxylation sites is 2. The van der Waals surface area contributed by atoms with E-state index in [2.05, 4.69) is 5.32 Å². The lowest BCUT2D eigenvalue weighted by Gasteiger charge is -2.10. The lowest BCUT2D eigenvalue weighted by atomic mass is 10.3. The Bertz CT molecular complexity index is 700. The highest BCUT2D eigenvalue weighted by Crippen LogP contribution is 2.19. The number of sulfonamides is 1. The molecule has 0 unspecified atom stereocenters. The lowest BCUT2D eigenvalue weighted by molar-refractivity contribution is 0.334. The highest BCUT2D eigenvalue weighted by molar-refractivity contribution is 7.89. The van der Waals surface area contributed by atoms with Gasteiger partial charge in [0.25, 0.3) is 0 Å². The summed E-state index contributed by atoms with van der Waals surface area (Å²) in [4.78, 5) is 0.0846. The minimum Gasteiger partial charge on any atom is -0.490 e. The van der Waals surface area contributed by atoms with E-state index in [4.69, 9.17) is 15.6 Å². The minimum absolute atomic E-state index is 0.0846. The molecule has 0 aliphatic rings. The molecule has 0 spiro atoms. The number of hydrogen-bond acceptors (Lipinski definition) is 5. The van der Waals surface area contributed by atoms with Gasteiger partial charge in [0.2, 0.25) is 10.0 Å². The number of ether oxygens (including phenoxy) is 1. The molecule has 2 aromatic rings. The predicted octanol–water partition coefficient (Wildman–Crippen LogP) is 1.41. The van der Waals surface area contributed by atoms with Crippen LogP contribution in [0.4, 0.5) is 11.4 Å². The zero-order valence-corrected chi connectivity index (χ0v) is 12.1. The molecule has 0 saturated heterocycles. The number of rotatable bonds is 6. The van der Waals surface area contributed by atoms with Crippen molar-refractivity contribution in [2.45, 2.75) is 4.90 Å². The molecule has 0 aromatic heterocycles. The molecule has 0 heterocycles. The third-order valence-electron chi connectivity index (χ3n) is 2.79. The Balaban J connectivity index is 1.83. The van der Waals surface area contributed by atoms with Crippen LogP contribution in [-0.4, -0.2) is 21.6 Å². The van der Waals surface area contributed by atoms with Gasteiger partial charge in [0.05, 0.1) is 10.6 Å². The molecule has 0 radical (unpaired) electrons. The second-order valence-electron chi connectivity index (χ2n) is 4.38. The number of anilines is 2. The van der Waals surface area contributed by atoms with Crippen molar-refractivity contribution in [1.82, 2.24) is 0 Å². The van der Waals surface area contributed by atoms with Crippen LogP contribution in [0.25, 0.3) is 0 Å². The number of nitrogens with one attached hydrogen (secondary N) is 1. The Morgan fingerprint density at radius 3 is 2.33 bits per heavy atom. The summed E-state index contributed by atoms with van der Waals surface area (Å²) in [5.74, 6) is 0.642. The van der Waals surface area contributed by atoms with Gasteiger partial charge < -0.3 is 15.8 Å². The monoisotopic (exact) mass is 307 g/mol. The molecular formula is C14H17N3O3S. The van der Waals surface area contributed by atoms with Crippen LogP contribution in [-0.2, 0) is 10.0 Å². The Morgan fingerprint density at radius 1 is 1.05 bits per heavy atom. The van der Waals surface area contributed by atoms with Crippen LogP contribution in [0.2, 0.25) is 0 Å². The van der Waals surface area contributed by atoms with E-state index in [-0.39, 0.29) is 4.90 Å². The van der Waals surface area contributed by atoms with Crippen LogP contribution in [0.15, 0.2) is 53.4 Å². The second-order valence-corrected chi connectivity index (χ2v) is 5.94. The van der Waals surface area contributed by atoms with E-state index in [0.29, 0.717) is 24.6 Å². The molecule has 112 valence electrons. The number of nitrogen functional groups attached to an aromatic ring is 1. The van der Waals surface area contributed by atoms with Crippen molar-refractivity contribution in [3.8, 4) is 5.75 Å². The highest BCUT2D eigenvalue weighted by atomic mass is 32.2. The van der Waals surface area contributed by atoms with E-state index in [0.717, 1.165) is 5.69 Å². The van der Waals surface area contributed by atoms with Crippen molar-refractivity contribution in [1.29, 1.82) is 0 Å². The molecule has 21 heavy (non-hydrogen) atoms. The smallest absolute Gasteiger partial charge is 0.238 e. The number of benzene rings is 2. The molecule has 0 bridgehead atoms. The summed E-state index contributed by atoms with van der Waals surface area (Å²) in [5, 5.41) is 8.14. The average Bonchev–Trinajstić information content (AvgIpc) is 2.45. The van der Waals surface area contributed by atoms with E-state index >= 15 is 0 Å². The molecule has 7 heteroatoms. The molecule has 6 nitrogen and oxygen atoms in total. The number of nitrogens with two attached hydrogens (primary N) is 2. The molecular weight excluding hydrogens is 290 g/mol. The Hall–Kier alpha value is -2.25. The normalized spacial score (nSPS) is 11.1. The molecule has 0 fully saturated rings. The van der Waals surface area contributed by atoms with Crippen LogP contribution >= 0.6 is 0 Å². The standard InChI is InChI=1S/C14H17N3O3S/c15-13-3-1-2-4-14(13)20-10-9-17-11-5-7-12(8-6-11)21(16,18)19/h1-8,17H,9-10,15H2,(H2,16,18,19). The van der Waals surface area contributed by atoms with E-state index in [9.17, 15) is 8.42 Å². The molecule has 0 aliphatic heterocycles. The number of hydrogen-bond donors (Lipinski definition) is 3. The predicted molar refractivity (Wildman–Crippen MR) is 82.7 cm³/mol. The zero-order valence-electron chi connectivity index (χ0n) is 11.3. The van der Waals surface area contributed by atoms with Crippen LogP contribution in [0.1, 0.15) is 0 Å². The maximum Gasteiger partial charge on any atom is 0.238 e. The minimum atomic E-state index is -3.65. The maximum absolute atomic E-state index is 11.1. The van der Waals surface area contributed by atoms with Gasteiger partial charge in [-0.1, -0.05) is 12.1 Å². The summed E-state index contributed by atoms with van der Waals surface area (Å²) in [7, 11) is -3.65. The fourth-order valence-electron chi connectivity index (χ4n) is 1.73. The SMILES string of the molecule is Nc1ccccc1OCCNc1ccc(S(N)(=O)=O)cc1. The molecule has 0 aliphatic carbocycles. The zero-order chi connectivity index (χ0) is 15.3. The summed E-state index contributed by atoms with van der Waals surface area (Å²) in [6, 6.07) is 13.5. The Kier molecular flexibility index (Phi) is 4.66. The van der Waals surface area contributed by atoms with Gasteiger partial charge in [0.15, 0.2) is 0 Å². The van der Waals surface area contributed by atoms with E-state index in [1.165, 1.54) is 12.1 Å². The fraction of sp³-hybridized carbons (Fsp3) is 0.143. The third kappa shape index (κ3) is 4.37. The molecule has 0 amide bonds. The molecule has 2 aromatic carbocycles. The van der Waals surface area contributed by atoms with Crippen molar-refractivity contribution in [2.75, 3.05) is 24.2 Å². The van der Waals surface area contributed by atoms with Gasteiger partial charge in [-0.15, -0.1) is 0 Å². The van der Waals surface area contributed by atoms with Gasteiger partial charge in [-0.3, -0.25) is 0 Å². The molecule has 0 atom stereocenters. The van der Waals surface area contributed by atoms with Gasteiger partial charge in [-0.25, -0.2) is 13.6 Å². The lowest BCUT2D eigenvalue weighted by Crippen LogP contribution is -2.13. The topological polar surface area (TPSA) is 107 Å². The molecule has 2 rings (SSSR count). The van der Waals surface area contributed by atoms with Crippen LogP contribution in [0.5, 0.6) is 5.75 Å². The fourth-order valence-corrected chi connectivity index (χ4v) is 2.25. The van der Waals surface area contributed by atoms with Crippen LogP contribution in [0, 0.1) is 0 Å².